The molecule has 0 aromatic carbocycles. The maximum atomic E-state index is 12.4. The number of carbonyl (C=O) groups is 1. The Morgan fingerprint density at radius 3 is 2.63 bits per heavy atom. The smallest absolute Gasteiger partial charge is 0.231 e. The van der Waals surface area contributed by atoms with Crippen molar-refractivity contribution in [2.24, 2.45) is 13.0 Å². The van der Waals surface area contributed by atoms with Gasteiger partial charge in [0.05, 0.1) is 17.7 Å². The quantitative estimate of drug-likeness (QED) is 0.858. The number of carbonyl (C=O) groups excluding carboxylic acids is 1. The molecule has 0 unspecified atom stereocenters. The topological polar surface area (TPSA) is 89.1 Å². The van der Waals surface area contributed by atoms with Crippen LogP contribution in [0.3, 0.4) is 0 Å². The van der Waals surface area contributed by atoms with E-state index >= 15 is 0 Å². The summed E-state index contributed by atoms with van der Waals surface area (Å²) in [6, 6.07) is -0.0102. The first-order valence-corrected chi connectivity index (χ1v) is 9.74. The van der Waals surface area contributed by atoms with Crippen LogP contribution < -0.4 is 5.32 Å². The van der Waals surface area contributed by atoms with Crippen LogP contribution in [0.25, 0.3) is 0 Å². The highest BCUT2D eigenvalue weighted by molar-refractivity contribution is 5.81. The minimum atomic E-state index is -0.0102. The fraction of sp³-hybridized carbons (Fsp3) is 0.684. The molecule has 3 heterocycles. The Morgan fingerprint density at radius 1 is 1.26 bits per heavy atom. The molecule has 1 saturated carbocycles. The highest BCUT2D eigenvalue weighted by atomic mass is 16.5. The molecule has 2 aromatic heterocycles. The lowest BCUT2D eigenvalue weighted by molar-refractivity contribution is -0.123. The molecule has 0 bridgehead atoms. The Morgan fingerprint density at radius 2 is 2.04 bits per heavy atom. The third-order valence-corrected chi connectivity index (χ3v) is 5.87. The number of aromatic nitrogens is 4. The van der Waals surface area contributed by atoms with Crippen LogP contribution in [-0.2, 0) is 18.4 Å². The number of piperidine rings is 1. The van der Waals surface area contributed by atoms with Crippen molar-refractivity contribution in [1.82, 2.24) is 30.1 Å². The minimum absolute atomic E-state index is 0.0102. The van der Waals surface area contributed by atoms with Crippen LogP contribution >= 0.6 is 0 Å². The van der Waals surface area contributed by atoms with E-state index < -0.39 is 0 Å². The van der Waals surface area contributed by atoms with E-state index in [1.54, 1.807) is 0 Å². The predicted octanol–water partition coefficient (Wildman–Crippen LogP) is 1.61. The maximum Gasteiger partial charge on any atom is 0.231 e. The summed E-state index contributed by atoms with van der Waals surface area (Å²) in [5, 5.41) is 11.7. The Bertz CT molecular complexity index is 837. The van der Waals surface area contributed by atoms with Gasteiger partial charge in [0, 0.05) is 37.3 Å². The highest BCUT2D eigenvalue weighted by Gasteiger charge is 2.38. The fourth-order valence-electron chi connectivity index (χ4n) is 3.98. The van der Waals surface area contributed by atoms with Crippen molar-refractivity contribution in [3.05, 3.63) is 28.7 Å². The SMILES string of the molecule is Cc1noc([C@H]2CCN(Cc3c(C)nn(C)c3C)C[C@H]2NC(=O)C2CC2)n1. The first kappa shape index (κ1) is 18.2. The number of amides is 1. The van der Waals surface area contributed by atoms with E-state index in [9.17, 15) is 4.79 Å². The van der Waals surface area contributed by atoms with E-state index in [0.717, 1.165) is 44.6 Å². The summed E-state index contributed by atoms with van der Waals surface area (Å²) in [4.78, 5) is 19.3. The average molecular weight is 372 g/mol. The third kappa shape index (κ3) is 3.76. The van der Waals surface area contributed by atoms with Crippen LogP contribution in [0.1, 0.15) is 53.8 Å². The standard InChI is InChI=1S/C19H28N6O2/c1-11-16(12(2)24(4)22-11)9-25-8-7-15(19-20-13(3)23-27-19)17(10-25)21-18(26)14-5-6-14/h14-15,17H,5-10H2,1-4H3,(H,21,26)/t15-,17+/m0/s1. The van der Waals surface area contributed by atoms with Gasteiger partial charge in [0.25, 0.3) is 0 Å². The van der Waals surface area contributed by atoms with Gasteiger partial charge in [-0.25, -0.2) is 0 Å². The molecule has 2 aromatic rings. The lowest BCUT2D eigenvalue weighted by Crippen LogP contribution is -2.51. The monoisotopic (exact) mass is 372 g/mol. The van der Waals surface area contributed by atoms with E-state index in [1.165, 1.54) is 11.3 Å². The van der Waals surface area contributed by atoms with Crippen LogP contribution in [0.15, 0.2) is 4.52 Å². The largest absolute Gasteiger partial charge is 0.351 e. The summed E-state index contributed by atoms with van der Waals surface area (Å²) in [6.45, 7) is 8.54. The summed E-state index contributed by atoms with van der Waals surface area (Å²) in [5.41, 5.74) is 3.54. The van der Waals surface area contributed by atoms with Gasteiger partial charge in [0.1, 0.15) is 0 Å². The molecule has 4 rings (SSSR count). The summed E-state index contributed by atoms with van der Waals surface area (Å²) < 4.78 is 7.38. The summed E-state index contributed by atoms with van der Waals surface area (Å²) in [6.07, 6.45) is 2.89. The van der Waals surface area contributed by atoms with Crippen molar-refractivity contribution in [2.45, 2.75) is 58.5 Å². The second-order valence-electron chi connectivity index (χ2n) is 7.97. The first-order chi connectivity index (χ1) is 12.9. The van der Waals surface area contributed by atoms with E-state index in [4.69, 9.17) is 4.52 Å². The number of nitrogens with one attached hydrogen (secondary N) is 1. The van der Waals surface area contributed by atoms with Crippen molar-refractivity contribution in [3.8, 4) is 0 Å². The summed E-state index contributed by atoms with van der Waals surface area (Å²) >= 11 is 0. The van der Waals surface area contributed by atoms with Gasteiger partial charge in [-0.2, -0.15) is 10.1 Å². The van der Waals surface area contributed by atoms with Gasteiger partial charge in [-0.15, -0.1) is 0 Å². The molecular formula is C19H28N6O2. The molecule has 1 aliphatic heterocycles. The van der Waals surface area contributed by atoms with Gasteiger partial charge in [-0.05, 0) is 46.6 Å². The molecule has 8 heteroatoms. The lowest BCUT2D eigenvalue weighted by Gasteiger charge is -2.37. The molecule has 146 valence electrons. The van der Waals surface area contributed by atoms with Crippen molar-refractivity contribution < 1.29 is 9.32 Å². The van der Waals surface area contributed by atoms with Gasteiger partial charge < -0.3 is 9.84 Å². The van der Waals surface area contributed by atoms with Gasteiger partial charge >= 0.3 is 0 Å². The Labute approximate surface area is 159 Å². The number of hydrogen-bond acceptors (Lipinski definition) is 6. The number of rotatable bonds is 5. The molecule has 1 amide bonds. The molecule has 2 aliphatic rings. The predicted molar refractivity (Wildman–Crippen MR) is 99.0 cm³/mol. The highest BCUT2D eigenvalue weighted by Crippen LogP contribution is 2.32. The molecular weight excluding hydrogens is 344 g/mol. The normalized spacial score (nSPS) is 23.6. The zero-order chi connectivity index (χ0) is 19.1. The van der Waals surface area contributed by atoms with Crippen LogP contribution in [0.4, 0.5) is 0 Å². The van der Waals surface area contributed by atoms with Crippen molar-refractivity contribution in [3.63, 3.8) is 0 Å². The molecule has 27 heavy (non-hydrogen) atoms. The second-order valence-corrected chi connectivity index (χ2v) is 7.97. The van der Waals surface area contributed by atoms with E-state index in [2.05, 4.69) is 39.3 Å². The average Bonchev–Trinajstić information content (AvgIpc) is 3.36. The van der Waals surface area contributed by atoms with Crippen molar-refractivity contribution in [2.75, 3.05) is 13.1 Å². The molecule has 8 nitrogen and oxygen atoms in total. The molecule has 1 aliphatic carbocycles. The Balaban J connectivity index is 1.51. The van der Waals surface area contributed by atoms with Crippen LogP contribution in [0.2, 0.25) is 0 Å². The minimum Gasteiger partial charge on any atom is -0.351 e. The zero-order valence-corrected chi connectivity index (χ0v) is 16.5. The number of aryl methyl sites for hydroxylation is 3. The maximum absolute atomic E-state index is 12.4. The molecule has 0 radical (unpaired) electrons. The zero-order valence-electron chi connectivity index (χ0n) is 16.5. The summed E-state index contributed by atoms with van der Waals surface area (Å²) in [7, 11) is 1.98. The van der Waals surface area contributed by atoms with Crippen LogP contribution in [0, 0.1) is 26.7 Å². The fourth-order valence-corrected chi connectivity index (χ4v) is 3.98. The lowest BCUT2D eigenvalue weighted by atomic mass is 9.90. The second kappa shape index (κ2) is 7.07. The van der Waals surface area contributed by atoms with Gasteiger partial charge in [0.2, 0.25) is 11.8 Å². The van der Waals surface area contributed by atoms with Crippen molar-refractivity contribution >= 4 is 5.91 Å². The molecule has 0 spiro atoms. The number of likely N-dealkylation sites (tertiary alicyclic amines) is 1. The van der Waals surface area contributed by atoms with Crippen LogP contribution in [-0.4, -0.2) is 49.9 Å². The van der Waals surface area contributed by atoms with Gasteiger partial charge in [-0.1, -0.05) is 5.16 Å². The molecule has 2 atom stereocenters. The van der Waals surface area contributed by atoms with Gasteiger partial charge in [0.15, 0.2) is 5.82 Å². The number of nitrogens with zero attached hydrogens (tertiary/aromatic N) is 5. The van der Waals surface area contributed by atoms with Gasteiger partial charge in [-0.3, -0.25) is 14.4 Å². The van der Waals surface area contributed by atoms with E-state index in [-0.39, 0.29) is 23.8 Å². The molecule has 2 fully saturated rings. The molecule has 1 saturated heterocycles. The van der Waals surface area contributed by atoms with E-state index in [0.29, 0.717) is 11.7 Å². The van der Waals surface area contributed by atoms with Crippen molar-refractivity contribution in [1.29, 1.82) is 0 Å². The Hall–Kier alpha value is -2.22. The van der Waals surface area contributed by atoms with Crippen LogP contribution in [0.5, 0.6) is 0 Å². The Kier molecular flexibility index (Phi) is 4.75. The first-order valence-electron chi connectivity index (χ1n) is 9.74. The summed E-state index contributed by atoms with van der Waals surface area (Å²) in [5.74, 6) is 1.70. The molecule has 1 N–H and O–H groups in total. The van der Waals surface area contributed by atoms with E-state index in [1.807, 2.05) is 18.7 Å². The number of hydrogen-bond donors (Lipinski definition) is 1. The third-order valence-electron chi connectivity index (χ3n) is 5.87.